The highest BCUT2D eigenvalue weighted by atomic mass is 19.1. The summed E-state index contributed by atoms with van der Waals surface area (Å²) in [4.78, 5) is 0. The van der Waals surface area contributed by atoms with Crippen molar-refractivity contribution < 1.29 is 18.3 Å². The van der Waals surface area contributed by atoms with Crippen molar-refractivity contribution in [2.75, 3.05) is 12.8 Å². The summed E-state index contributed by atoms with van der Waals surface area (Å²) in [6.07, 6.45) is 0. The van der Waals surface area contributed by atoms with Crippen LogP contribution in [0.1, 0.15) is 5.56 Å². The summed E-state index contributed by atoms with van der Waals surface area (Å²) in [5.74, 6) is 0.00975. The molecule has 100 valence electrons. The number of anilines is 1. The predicted molar refractivity (Wildman–Crippen MR) is 68.1 cm³/mol. The van der Waals surface area contributed by atoms with E-state index in [1.165, 1.54) is 37.4 Å². The monoisotopic (exact) mass is 265 g/mol. The minimum atomic E-state index is -0.514. The highest BCUT2D eigenvalue weighted by molar-refractivity contribution is 5.45. The number of nitrogen functional groups attached to an aromatic ring is 1. The standard InChI is InChI=1S/C14H13F2NO2/c1-18-10-2-4-12(15)9(6-10)8-19-11-3-5-13(16)14(17)7-11/h2-7H,8,17H2,1H3. The van der Waals surface area contributed by atoms with Crippen LogP contribution < -0.4 is 15.2 Å². The van der Waals surface area contributed by atoms with E-state index in [4.69, 9.17) is 15.2 Å². The van der Waals surface area contributed by atoms with Gasteiger partial charge >= 0.3 is 0 Å². The van der Waals surface area contributed by atoms with Crippen LogP contribution in [0.5, 0.6) is 11.5 Å². The maximum atomic E-state index is 13.5. The average Bonchev–Trinajstić information content (AvgIpc) is 2.41. The Kier molecular flexibility index (Phi) is 3.85. The molecular weight excluding hydrogens is 252 g/mol. The number of nitrogens with two attached hydrogens (primary N) is 1. The van der Waals surface area contributed by atoms with Crippen LogP contribution in [0.2, 0.25) is 0 Å². The first-order chi connectivity index (χ1) is 9.10. The zero-order chi connectivity index (χ0) is 13.8. The van der Waals surface area contributed by atoms with Crippen molar-refractivity contribution in [3.8, 4) is 11.5 Å². The van der Waals surface area contributed by atoms with E-state index in [2.05, 4.69) is 0 Å². The van der Waals surface area contributed by atoms with Crippen LogP contribution >= 0.6 is 0 Å². The molecule has 5 heteroatoms. The van der Waals surface area contributed by atoms with Crippen LogP contribution in [0.3, 0.4) is 0 Å². The van der Waals surface area contributed by atoms with Gasteiger partial charge in [0.05, 0.1) is 12.8 Å². The van der Waals surface area contributed by atoms with E-state index in [1.807, 2.05) is 0 Å². The summed E-state index contributed by atoms with van der Waals surface area (Å²) in [6.45, 7) is 0.00804. The molecule has 0 saturated heterocycles. The van der Waals surface area contributed by atoms with Crippen LogP contribution in [-0.4, -0.2) is 7.11 Å². The lowest BCUT2D eigenvalue weighted by Gasteiger charge is -2.09. The van der Waals surface area contributed by atoms with E-state index in [9.17, 15) is 8.78 Å². The molecule has 0 fully saturated rings. The van der Waals surface area contributed by atoms with Crippen molar-refractivity contribution in [3.05, 3.63) is 53.6 Å². The topological polar surface area (TPSA) is 44.5 Å². The van der Waals surface area contributed by atoms with E-state index >= 15 is 0 Å². The van der Waals surface area contributed by atoms with Crippen LogP contribution in [0.15, 0.2) is 36.4 Å². The van der Waals surface area contributed by atoms with Gasteiger partial charge in [-0.2, -0.15) is 0 Å². The minimum Gasteiger partial charge on any atom is -0.497 e. The Morgan fingerprint density at radius 1 is 1.00 bits per heavy atom. The Hall–Kier alpha value is -2.30. The zero-order valence-electron chi connectivity index (χ0n) is 10.3. The molecule has 0 unspecified atom stereocenters. The number of rotatable bonds is 4. The van der Waals surface area contributed by atoms with Gasteiger partial charge in [-0.15, -0.1) is 0 Å². The molecule has 2 rings (SSSR count). The van der Waals surface area contributed by atoms with Crippen molar-refractivity contribution in [2.45, 2.75) is 6.61 Å². The smallest absolute Gasteiger partial charge is 0.146 e. The number of ether oxygens (including phenoxy) is 2. The molecule has 2 N–H and O–H groups in total. The van der Waals surface area contributed by atoms with E-state index < -0.39 is 11.6 Å². The lowest BCUT2D eigenvalue weighted by molar-refractivity contribution is 0.298. The van der Waals surface area contributed by atoms with Gasteiger partial charge in [0.15, 0.2) is 0 Å². The number of halogens is 2. The van der Waals surface area contributed by atoms with Crippen molar-refractivity contribution in [2.24, 2.45) is 0 Å². The van der Waals surface area contributed by atoms with Gasteiger partial charge in [0.1, 0.15) is 29.7 Å². The van der Waals surface area contributed by atoms with Crippen LogP contribution in [-0.2, 0) is 6.61 Å². The third-order valence-corrected chi connectivity index (χ3v) is 2.61. The summed E-state index contributed by atoms with van der Waals surface area (Å²) in [6, 6.07) is 8.36. The molecule has 0 amide bonds. The normalized spacial score (nSPS) is 10.3. The molecular formula is C14H13F2NO2. The molecule has 0 aromatic heterocycles. The minimum absolute atomic E-state index is 0.00804. The molecule has 0 bridgehead atoms. The van der Waals surface area contributed by atoms with Gasteiger partial charge in [-0.1, -0.05) is 0 Å². The molecule has 0 atom stereocenters. The predicted octanol–water partition coefficient (Wildman–Crippen LogP) is 3.13. The van der Waals surface area contributed by atoms with Gasteiger partial charge in [0.2, 0.25) is 0 Å². The lowest BCUT2D eigenvalue weighted by atomic mass is 10.2. The second kappa shape index (κ2) is 5.56. The molecule has 0 aliphatic heterocycles. The lowest BCUT2D eigenvalue weighted by Crippen LogP contribution is -2.00. The van der Waals surface area contributed by atoms with E-state index in [1.54, 1.807) is 6.07 Å². The SMILES string of the molecule is COc1ccc(F)c(COc2ccc(F)c(N)c2)c1. The van der Waals surface area contributed by atoms with Gasteiger partial charge in [0, 0.05) is 11.6 Å². The highest BCUT2D eigenvalue weighted by Crippen LogP contribution is 2.21. The van der Waals surface area contributed by atoms with Gasteiger partial charge < -0.3 is 15.2 Å². The third-order valence-electron chi connectivity index (χ3n) is 2.61. The number of benzene rings is 2. The first kappa shape index (κ1) is 13.1. The van der Waals surface area contributed by atoms with Crippen LogP contribution in [0.4, 0.5) is 14.5 Å². The first-order valence-corrected chi connectivity index (χ1v) is 5.60. The van der Waals surface area contributed by atoms with Gasteiger partial charge in [-0.3, -0.25) is 0 Å². The largest absolute Gasteiger partial charge is 0.497 e. The van der Waals surface area contributed by atoms with Gasteiger partial charge in [-0.25, -0.2) is 8.78 Å². The molecule has 0 aliphatic carbocycles. The van der Waals surface area contributed by atoms with E-state index in [0.29, 0.717) is 17.1 Å². The second-order valence-electron chi connectivity index (χ2n) is 3.93. The Morgan fingerprint density at radius 3 is 2.37 bits per heavy atom. The number of hydrogen-bond acceptors (Lipinski definition) is 3. The van der Waals surface area contributed by atoms with E-state index in [0.717, 1.165) is 0 Å². The average molecular weight is 265 g/mol. The quantitative estimate of drug-likeness (QED) is 0.864. The Morgan fingerprint density at radius 2 is 1.68 bits per heavy atom. The fourth-order valence-electron chi connectivity index (χ4n) is 1.56. The van der Waals surface area contributed by atoms with Crippen molar-refractivity contribution >= 4 is 5.69 Å². The summed E-state index contributed by atoms with van der Waals surface area (Å²) in [7, 11) is 1.50. The van der Waals surface area contributed by atoms with Gasteiger partial charge in [0.25, 0.3) is 0 Å². The maximum absolute atomic E-state index is 13.5. The Labute approximate surface area is 109 Å². The summed E-state index contributed by atoms with van der Waals surface area (Å²) in [5.41, 5.74) is 5.75. The molecule has 0 spiro atoms. The molecule has 0 aliphatic rings. The van der Waals surface area contributed by atoms with Crippen molar-refractivity contribution in [1.82, 2.24) is 0 Å². The number of hydrogen-bond donors (Lipinski definition) is 1. The van der Waals surface area contributed by atoms with Gasteiger partial charge in [-0.05, 0) is 30.3 Å². The molecule has 2 aromatic rings. The molecule has 3 nitrogen and oxygen atoms in total. The fraction of sp³-hybridized carbons (Fsp3) is 0.143. The summed E-state index contributed by atoms with van der Waals surface area (Å²) < 4.78 is 36.9. The van der Waals surface area contributed by atoms with Crippen molar-refractivity contribution in [3.63, 3.8) is 0 Å². The van der Waals surface area contributed by atoms with E-state index in [-0.39, 0.29) is 12.3 Å². The number of methoxy groups -OCH3 is 1. The Balaban J connectivity index is 2.11. The molecule has 0 heterocycles. The second-order valence-corrected chi connectivity index (χ2v) is 3.93. The Bertz CT molecular complexity index is 588. The molecule has 2 aromatic carbocycles. The fourth-order valence-corrected chi connectivity index (χ4v) is 1.56. The van der Waals surface area contributed by atoms with Crippen LogP contribution in [0.25, 0.3) is 0 Å². The first-order valence-electron chi connectivity index (χ1n) is 5.60. The summed E-state index contributed by atoms with van der Waals surface area (Å²) >= 11 is 0. The van der Waals surface area contributed by atoms with Crippen molar-refractivity contribution in [1.29, 1.82) is 0 Å². The third kappa shape index (κ3) is 3.13. The molecule has 19 heavy (non-hydrogen) atoms. The molecule has 0 saturated carbocycles. The maximum Gasteiger partial charge on any atom is 0.146 e. The summed E-state index contributed by atoms with van der Waals surface area (Å²) in [5, 5.41) is 0. The zero-order valence-corrected chi connectivity index (χ0v) is 10.3. The highest BCUT2D eigenvalue weighted by Gasteiger charge is 2.06. The van der Waals surface area contributed by atoms with Crippen LogP contribution in [0, 0.1) is 11.6 Å². The molecule has 0 radical (unpaired) electrons.